The van der Waals surface area contributed by atoms with E-state index in [9.17, 15) is 0 Å². The van der Waals surface area contributed by atoms with Gasteiger partial charge in [-0.05, 0) is 17.7 Å². The first-order valence-electron chi connectivity index (χ1n) is 3.72. The van der Waals surface area contributed by atoms with Crippen LogP contribution in [0.15, 0.2) is 30.3 Å². The lowest BCUT2D eigenvalue weighted by Gasteiger charge is -2.12. The summed E-state index contributed by atoms with van der Waals surface area (Å²) in [7, 11) is 0. The van der Waals surface area contributed by atoms with Gasteiger partial charge in [-0.25, -0.2) is 0 Å². The van der Waals surface area contributed by atoms with Crippen molar-refractivity contribution in [2.24, 2.45) is 0 Å². The van der Waals surface area contributed by atoms with Gasteiger partial charge in [0.25, 0.3) is 0 Å². The van der Waals surface area contributed by atoms with Crippen LogP contribution >= 0.6 is 34.8 Å². The molecular weight excluding hydrogens is 228 g/mol. The second kappa shape index (κ2) is 3.09. The van der Waals surface area contributed by atoms with E-state index < -0.39 is 3.79 Å². The lowest BCUT2D eigenvalue weighted by Crippen LogP contribution is -2.03. The van der Waals surface area contributed by atoms with E-state index in [1.54, 1.807) is 6.07 Å². The quantitative estimate of drug-likeness (QED) is 0.665. The smallest absolute Gasteiger partial charge is 0.230 e. The lowest BCUT2D eigenvalue weighted by atomic mass is 10.2. The Kier molecular flexibility index (Phi) is 2.18. The van der Waals surface area contributed by atoms with Gasteiger partial charge < -0.3 is 4.98 Å². The highest BCUT2D eigenvalue weighted by atomic mass is 35.6. The van der Waals surface area contributed by atoms with Crippen LogP contribution in [0.1, 0.15) is 5.69 Å². The highest BCUT2D eigenvalue weighted by Gasteiger charge is 2.24. The van der Waals surface area contributed by atoms with E-state index in [0.29, 0.717) is 5.69 Å². The minimum Gasteiger partial charge on any atom is -0.355 e. The van der Waals surface area contributed by atoms with Crippen LogP contribution < -0.4 is 0 Å². The van der Waals surface area contributed by atoms with Crippen LogP contribution in [0.4, 0.5) is 0 Å². The van der Waals surface area contributed by atoms with Crippen molar-refractivity contribution < 1.29 is 0 Å². The number of rotatable bonds is 0. The normalized spacial score (nSPS) is 12.2. The van der Waals surface area contributed by atoms with E-state index in [-0.39, 0.29) is 0 Å². The molecule has 1 heterocycles. The van der Waals surface area contributed by atoms with E-state index in [2.05, 4.69) is 4.98 Å². The molecule has 0 amide bonds. The van der Waals surface area contributed by atoms with Crippen LogP contribution in [0.5, 0.6) is 0 Å². The molecule has 0 aromatic carbocycles. The molecule has 0 radical (unpaired) electrons. The molecule has 2 aliphatic rings. The molecular formula is C9H6Cl3N. The Labute approximate surface area is 91.0 Å². The first kappa shape index (κ1) is 9.20. The highest BCUT2D eigenvalue weighted by Crippen LogP contribution is 2.38. The Balaban J connectivity index is 2.56. The highest BCUT2D eigenvalue weighted by molar-refractivity contribution is 6.66. The summed E-state index contributed by atoms with van der Waals surface area (Å²) in [6.07, 6.45) is 0. The van der Waals surface area contributed by atoms with E-state index in [1.165, 1.54) is 0 Å². The molecule has 0 atom stereocenters. The van der Waals surface area contributed by atoms with Gasteiger partial charge in [0.15, 0.2) is 0 Å². The van der Waals surface area contributed by atoms with Crippen molar-refractivity contribution in [3.8, 4) is 11.3 Å². The summed E-state index contributed by atoms with van der Waals surface area (Å²) in [4.78, 5) is 3.05. The maximum Gasteiger partial charge on any atom is 0.230 e. The molecule has 0 saturated heterocycles. The summed E-state index contributed by atoms with van der Waals surface area (Å²) < 4.78 is -1.38. The average molecular weight is 235 g/mol. The van der Waals surface area contributed by atoms with Gasteiger partial charge in [-0.15, -0.1) is 0 Å². The first-order valence-corrected chi connectivity index (χ1v) is 4.86. The zero-order valence-electron chi connectivity index (χ0n) is 6.52. The van der Waals surface area contributed by atoms with Gasteiger partial charge in [0, 0.05) is 5.69 Å². The van der Waals surface area contributed by atoms with Crippen molar-refractivity contribution in [3.05, 3.63) is 36.0 Å². The Morgan fingerprint density at radius 2 is 1.77 bits per heavy atom. The molecule has 0 fully saturated rings. The summed E-state index contributed by atoms with van der Waals surface area (Å²) >= 11 is 17.2. The van der Waals surface area contributed by atoms with Crippen LogP contribution in [-0.4, -0.2) is 4.98 Å². The van der Waals surface area contributed by atoms with Gasteiger partial charge in [0.2, 0.25) is 3.79 Å². The van der Waals surface area contributed by atoms with Crippen LogP contribution in [0.2, 0.25) is 0 Å². The molecule has 0 aromatic rings. The molecule has 0 unspecified atom stereocenters. The SMILES string of the molecule is ClC(Cl)(Cl)c1ccc2cccc-2[nH]1. The van der Waals surface area contributed by atoms with Gasteiger partial charge in [0.1, 0.15) is 0 Å². The number of hydrogen-bond acceptors (Lipinski definition) is 0. The molecule has 0 aromatic heterocycles. The maximum atomic E-state index is 5.73. The maximum absolute atomic E-state index is 5.73. The van der Waals surface area contributed by atoms with Gasteiger partial charge in [-0.1, -0.05) is 53.0 Å². The summed E-state index contributed by atoms with van der Waals surface area (Å²) in [5.74, 6) is 0. The Bertz CT molecular complexity index is 388. The van der Waals surface area contributed by atoms with Gasteiger partial charge in [-0.2, -0.15) is 0 Å². The van der Waals surface area contributed by atoms with Crippen molar-refractivity contribution in [3.63, 3.8) is 0 Å². The van der Waals surface area contributed by atoms with Crippen molar-refractivity contribution in [2.75, 3.05) is 0 Å². The summed E-state index contributed by atoms with van der Waals surface area (Å²) in [5, 5.41) is 0. The van der Waals surface area contributed by atoms with Crippen molar-refractivity contribution in [1.82, 2.24) is 4.98 Å². The third kappa shape index (κ3) is 1.78. The van der Waals surface area contributed by atoms with Crippen molar-refractivity contribution in [1.29, 1.82) is 0 Å². The number of H-pyrrole nitrogens is 1. The Morgan fingerprint density at radius 3 is 2.46 bits per heavy atom. The molecule has 0 spiro atoms. The molecule has 1 aliphatic carbocycles. The van der Waals surface area contributed by atoms with Gasteiger partial charge in [-0.3, -0.25) is 0 Å². The van der Waals surface area contributed by atoms with E-state index >= 15 is 0 Å². The standard InChI is InChI=1S/C9H6Cl3N/c10-9(11,12)8-5-4-6-2-1-3-7(6)13-8/h1-5,13H. The zero-order valence-corrected chi connectivity index (χ0v) is 8.79. The fourth-order valence-corrected chi connectivity index (χ4v) is 1.55. The van der Waals surface area contributed by atoms with Crippen LogP contribution in [-0.2, 0) is 3.79 Å². The second-order valence-electron chi connectivity index (χ2n) is 2.76. The molecule has 68 valence electrons. The molecule has 1 aliphatic heterocycles. The number of aromatic nitrogens is 1. The largest absolute Gasteiger partial charge is 0.355 e. The molecule has 1 nitrogen and oxygen atoms in total. The van der Waals surface area contributed by atoms with Crippen LogP contribution in [0.3, 0.4) is 0 Å². The monoisotopic (exact) mass is 233 g/mol. The Hall–Kier alpha value is -0.370. The minimum absolute atomic E-state index is 0.580. The number of fused-ring (bicyclic) bond motifs is 1. The third-order valence-corrected chi connectivity index (χ3v) is 2.46. The summed E-state index contributed by atoms with van der Waals surface area (Å²) in [5.41, 5.74) is 2.66. The summed E-state index contributed by atoms with van der Waals surface area (Å²) in [6, 6.07) is 9.57. The van der Waals surface area contributed by atoms with E-state index in [4.69, 9.17) is 34.8 Å². The van der Waals surface area contributed by atoms with Crippen molar-refractivity contribution in [2.45, 2.75) is 3.79 Å². The predicted octanol–water partition coefficient (Wildman–Crippen LogP) is 3.95. The van der Waals surface area contributed by atoms with Crippen LogP contribution in [0.25, 0.3) is 11.3 Å². The zero-order chi connectivity index (χ0) is 9.47. The van der Waals surface area contributed by atoms with Gasteiger partial charge >= 0.3 is 0 Å². The van der Waals surface area contributed by atoms with E-state index in [0.717, 1.165) is 11.3 Å². The molecule has 0 saturated carbocycles. The topological polar surface area (TPSA) is 15.8 Å². The number of pyridine rings is 1. The molecule has 4 heteroatoms. The van der Waals surface area contributed by atoms with Gasteiger partial charge in [0.05, 0.1) is 5.69 Å². The number of alkyl halides is 3. The average Bonchev–Trinajstić information content (AvgIpc) is 2.47. The molecule has 2 rings (SSSR count). The minimum atomic E-state index is -1.38. The molecule has 13 heavy (non-hydrogen) atoms. The van der Waals surface area contributed by atoms with Crippen LogP contribution in [0, 0.1) is 0 Å². The summed E-state index contributed by atoms with van der Waals surface area (Å²) in [6.45, 7) is 0. The number of halogens is 3. The fraction of sp³-hybridized carbons (Fsp3) is 0.111. The number of nitrogens with one attached hydrogen (secondary N) is 1. The third-order valence-electron chi connectivity index (χ3n) is 1.85. The first-order chi connectivity index (χ1) is 6.07. The second-order valence-corrected chi connectivity index (χ2v) is 5.05. The molecule has 0 bridgehead atoms. The number of hydrogen-bond donors (Lipinski definition) is 1. The number of aromatic amines is 1. The fourth-order valence-electron chi connectivity index (χ4n) is 1.22. The Morgan fingerprint density at radius 1 is 1.00 bits per heavy atom. The van der Waals surface area contributed by atoms with Crippen molar-refractivity contribution >= 4 is 34.8 Å². The predicted molar refractivity (Wildman–Crippen MR) is 56.7 cm³/mol. The molecule has 1 N–H and O–H groups in total. The lowest BCUT2D eigenvalue weighted by molar-refractivity contribution is 1.09. The van der Waals surface area contributed by atoms with E-state index in [1.807, 2.05) is 24.3 Å².